The molecule has 34 heavy (non-hydrogen) atoms. The van der Waals surface area contributed by atoms with Gasteiger partial charge in [0.05, 0.1) is 30.6 Å². The van der Waals surface area contributed by atoms with Gasteiger partial charge < -0.3 is 14.7 Å². The zero-order chi connectivity index (χ0) is 25.0. The van der Waals surface area contributed by atoms with Gasteiger partial charge in [0.25, 0.3) is 0 Å². The van der Waals surface area contributed by atoms with E-state index >= 15 is 0 Å². The molecule has 2 atom stereocenters. The van der Waals surface area contributed by atoms with Gasteiger partial charge in [-0.2, -0.15) is 10.4 Å². The molecule has 3 aliphatic heterocycles. The largest absolute Gasteiger partial charge is 0.506 e. The molecule has 7 heterocycles. The molecule has 3 fully saturated rings. The van der Waals surface area contributed by atoms with E-state index in [4.69, 9.17) is 7.48 Å². The fourth-order valence-electron chi connectivity index (χ4n) is 4.84. The molecule has 3 saturated heterocycles. The molecule has 9 nitrogen and oxygen atoms in total. The van der Waals surface area contributed by atoms with Gasteiger partial charge >= 0.3 is 0 Å². The van der Waals surface area contributed by atoms with Crippen LogP contribution in [0.15, 0.2) is 55.1 Å². The molecule has 7 rings (SSSR count). The molecule has 4 aromatic rings. The Morgan fingerprint density at radius 3 is 2.71 bits per heavy atom. The van der Waals surface area contributed by atoms with E-state index in [1.54, 1.807) is 30.6 Å². The first-order valence-corrected chi connectivity index (χ1v) is 11.0. The van der Waals surface area contributed by atoms with Crippen molar-refractivity contribution in [3.05, 3.63) is 66.2 Å². The molecular formula is C25H23N7O2. The lowest BCUT2D eigenvalue weighted by Gasteiger charge is -2.56. The Morgan fingerprint density at radius 1 is 1.18 bits per heavy atom. The van der Waals surface area contributed by atoms with Gasteiger partial charge in [-0.3, -0.25) is 4.90 Å². The van der Waals surface area contributed by atoms with Crippen LogP contribution >= 0.6 is 0 Å². The fraction of sp³-hybridized carbons (Fsp3) is 0.280. The zero-order valence-electron chi connectivity index (χ0n) is 20.5. The first-order valence-electron chi connectivity index (χ1n) is 12.0. The second kappa shape index (κ2) is 8.01. The summed E-state index contributed by atoms with van der Waals surface area (Å²) in [4.78, 5) is 13.0. The van der Waals surface area contributed by atoms with Crippen LogP contribution in [-0.4, -0.2) is 61.9 Å². The van der Waals surface area contributed by atoms with Crippen molar-refractivity contribution in [1.29, 1.82) is 5.26 Å². The average Bonchev–Trinajstić information content (AvgIpc) is 3.31. The zero-order valence-corrected chi connectivity index (χ0v) is 18.5. The van der Waals surface area contributed by atoms with Gasteiger partial charge in [-0.15, -0.1) is 0 Å². The van der Waals surface area contributed by atoms with Crippen LogP contribution in [0.2, 0.25) is 0 Å². The van der Waals surface area contributed by atoms with E-state index in [2.05, 4.69) is 26.0 Å². The monoisotopic (exact) mass is 455 g/mol. The molecule has 1 N–H and O–H groups in total. The van der Waals surface area contributed by atoms with Crippen molar-refractivity contribution >= 4 is 11.3 Å². The average molecular weight is 456 g/mol. The molecule has 0 saturated carbocycles. The van der Waals surface area contributed by atoms with Crippen LogP contribution in [0.1, 0.15) is 20.3 Å². The summed E-state index contributed by atoms with van der Waals surface area (Å²) in [6.45, 7) is -0.284. The van der Waals surface area contributed by atoms with Crippen LogP contribution in [0.5, 0.6) is 11.6 Å². The number of anilines is 1. The van der Waals surface area contributed by atoms with Gasteiger partial charge in [-0.1, -0.05) is 6.07 Å². The number of piperazine rings is 1. The number of ether oxygens (including phenoxy) is 1. The SMILES string of the molecule is [2H]C([2H])(c1ccc(OC)nc1)N1C2CC1CN(c1ccc(-c3cc(O)cn4ncc(C#N)c34)cn1)C2. The van der Waals surface area contributed by atoms with Gasteiger partial charge in [-0.25, -0.2) is 14.5 Å². The van der Waals surface area contributed by atoms with Crippen LogP contribution in [0, 0.1) is 11.3 Å². The summed E-state index contributed by atoms with van der Waals surface area (Å²) >= 11 is 0. The lowest BCUT2D eigenvalue weighted by atomic mass is 9.87. The van der Waals surface area contributed by atoms with E-state index in [9.17, 15) is 10.4 Å². The molecule has 170 valence electrons. The third kappa shape index (κ3) is 3.40. The predicted molar refractivity (Wildman–Crippen MR) is 126 cm³/mol. The Morgan fingerprint density at radius 2 is 2.03 bits per heavy atom. The molecule has 3 aliphatic rings. The number of nitriles is 1. The van der Waals surface area contributed by atoms with Crippen molar-refractivity contribution in [3.8, 4) is 28.8 Å². The van der Waals surface area contributed by atoms with Crippen LogP contribution in [-0.2, 0) is 6.50 Å². The number of hydrogen-bond donors (Lipinski definition) is 1. The summed E-state index contributed by atoms with van der Waals surface area (Å²) < 4.78 is 24.1. The van der Waals surface area contributed by atoms with E-state index in [0.717, 1.165) is 17.8 Å². The summed E-state index contributed by atoms with van der Waals surface area (Å²) in [5.41, 5.74) is 3.00. The van der Waals surface area contributed by atoms with Gasteiger partial charge in [0.1, 0.15) is 17.6 Å². The van der Waals surface area contributed by atoms with Crippen molar-refractivity contribution in [2.45, 2.75) is 25.0 Å². The number of piperidine rings is 1. The van der Waals surface area contributed by atoms with E-state index in [-0.39, 0.29) is 17.8 Å². The third-order valence-electron chi connectivity index (χ3n) is 6.50. The summed E-state index contributed by atoms with van der Waals surface area (Å²) in [7, 11) is 1.54. The quantitative estimate of drug-likeness (QED) is 0.490. The minimum atomic E-state index is -1.62. The number of rotatable bonds is 5. The van der Waals surface area contributed by atoms with Gasteiger partial charge in [-0.05, 0) is 30.2 Å². The minimum absolute atomic E-state index is 0.0479. The normalized spacial score (nSPS) is 20.9. The standard InChI is InChI=1S/C25H23N7O2/c1-34-24-5-2-16(9-28-24)12-31-19-6-20(31)14-30(13-19)23-4-3-17(10-27-23)22-7-21(33)15-32-25(22)18(8-26)11-29-32/h2-5,7,9-11,15,19-20,33H,6,12-14H2,1H3/i12D2. The van der Waals surface area contributed by atoms with Crippen LogP contribution in [0.25, 0.3) is 16.6 Å². The molecule has 2 unspecified atom stereocenters. The molecule has 9 heteroatoms. The number of hydrogen-bond acceptors (Lipinski definition) is 8. The molecule has 0 aromatic carbocycles. The molecular weight excluding hydrogens is 430 g/mol. The number of nitrogens with zero attached hydrogens (tertiary/aromatic N) is 7. The highest BCUT2D eigenvalue weighted by molar-refractivity contribution is 5.85. The maximum absolute atomic E-state index is 10.1. The Hall–Kier alpha value is -4.16. The van der Waals surface area contributed by atoms with Gasteiger partial charge in [0, 0.05) is 64.0 Å². The highest BCUT2D eigenvalue weighted by atomic mass is 16.5. The lowest BCUT2D eigenvalue weighted by molar-refractivity contribution is -0.00876. The van der Waals surface area contributed by atoms with Crippen molar-refractivity contribution in [3.63, 3.8) is 0 Å². The molecule has 0 radical (unpaired) electrons. The Bertz CT molecular complexity index is 1470. The Balaban J connectivity index is 1.22. The lowest BCUT2D eigenvalue weighted by Crippen LogP contribution is -2.68. The maximum atomic E-state index is 10.1. The van der Waals surface area contributed by atoms with E-state index in [1.807, 2.05) is 17.0 Å². The highest BCUT2D eigenvalue weighted by Gasteiger charge is 2.44. The summed E-state index contributed by atoms with van der Waals surface area (Å²) in [6, 6.07) is 11.2. The van der Waals surface area contributed by atoms with Crippen LogP contribution < -0.4 is 9.64 Å². The number of methoxy groups -OCH3 is 1. The molecule has 0 spiro atoms. The van der Waals surface area contributed by atoms with E-state index in [1.165, 1.54) is 24.0 Å². The summed E-state index contributed by atoms with van der Waals surface area (Å²) in [6.07, 6.45) is 7.16. The minimum Gasteiger partial charge on any atom is -0.506 e. The van der Waals surface area contributed by atoms with E-state index in [0.29, 0.717) is 41.2 Å². The molecule has 4 aromatic heterocycles. The third-order valence-corrected chi connectivity index (χ3v) is 6.50. The van der Waals surface area contributed by atoms with Crippen LogP contribution in [0.4, 0.5) is 5.82 Å². The number of pyridine rings is 3. The van der Waals surface area contributed by atoms with Crippen LogP contribution in [0.3, 0.4) is 0 Å². The second-order valence-electron chi connectivity index (χ2n) is 8.54. The van der Waals surface area contributed by atoms with Gasteiger partial charge in [0.2, 0.25) is 5.88 Å². The van der Waals surface area contributed by atoms with Crippen molar-refractivity contribution < 1.29 is 12.6 Å². The first kappa shape index (κ1) is 18.3. The van der Waals surface area contributed by atoms with Crippen molar-refractivity contribution in [1.82, 2.24) is 24.5 Å². The van der Waals surface area contributed by atoms with E-state index < -0.39 is 6.50 Å². The molecule has 0 aliphatic carbocycles. The smallest absolute Gasteiger partial charge is 0.212 e. The number of aromatic nitrogens is 4. The first-order chi connectivity index (χ1) is 17.4. The fourth-order valence-corrected chi connectivity index (χ4v) is 4.84. The maximum Gasteiger partial charge on any atom is 0.212 e. The van der Waals surface area contributed by atoms with Crippen molar-refractivity contribution in [2.75, 3.05) is 25.1 Å². The summed E-state index contributed by atoms with van der Waals surface area (Å²) in [5.74, 6) is 1.32. The second-order valence-corrected chi connectivity index (χ2v) is 8.54. The topological polar surface area (TPSA) is 103 Å². The molecule has 0 amide bonds. The Labute approximate surface area is 199 Å². The van der Waals surface area contributed by atoms with Crippen molar-refractivity contribution in [2.24, 2.45) is 0 Å². The number of fused-ring (bicyclic) bond motifs is 3. The highest BCUT2D eigenvalue weighted by Crippen LogP contribution is 2.36. The Kier molecular flexibility index (Phi) is 4.31. The number of aromatic hydroxyl groups is 1. The summed E-state index contributed by atoms with van der Waals surface area (Å²) in [5, 5.41) is 23.7. The predicted octanol–water partition coefficient (Wildman–Crippen LogP) is 2.84. The van der Waals surface area contributed by atoms with Gasteiger partial charge in [0.15, 0.2) is 0 Å². The molecule has 2 bridgehead atoms.